The average molecular weight is 647 g/mol. The van der Waals surface area contributed by atoms with Gasteiger partial charge in [-0.1, -0.05) is 19.1 Å². The highest BCUT2D eigenvalue weighted by atomic mass is 32.2. The number of nitrogens with zero attached hydrogens (tertiary/aromatic N) is 3. The third-order valence-corrected chi connectivity index (χ3v) is 8.99. The number of hydrogen-bond acceptors (Lipinski definition) is 8. The molecule has 16 heteroatoms. The number of sulfone groups is 1. The first-order valence-corrected chi connectivity index (χ1v) is 15.1. The lowest BCUT2D eigenvalue weighted by molar-refractivity contribution is -0.137. The van der Waals surface area contributed by atoms with E-state index in [0.29, 0.717) is 5.56 Å². The number of alkyl halides is 5. The topological polar surface area (TPSA) is 123 Å². The molecular formula is C28H31F5N4O6S. The molecule has 1 fully saturated rings. The van der Waals surface area contributed by atoms with E-state index in [4.69, 9.17) is 4.74 Å². The minimum atomic E-state index is -4.51. The standard InChI is InChI=1S/C28H31F5N4O6S/c1-3-44(40,41)22-10-4-17(5-11-22)23(15-38)35-25(39)24-13-34-27(36(24)2)37-14-21(12-19(37)16-42-26(29)30)43-20-8-6-18(7-9-20)28(31,32)33/h4-11,13,19,21,23,26,38H,3,12,14-16H2,1-2H3,(H,35,39)/t19-,21-,23?/m0/s1. The molecule has 1 unspecified atom stereocenters. The van der Waals surface area contributed by atoms with Gasteiger partial charge in [0.2, 0.25) is 5.95 Å². The van der Waals surface area contributed by atoms with Gasteiger partial charge < -0.3 is 29.4 Å². The molecule has 0 saturated carbocycles. The van der Waals surface area contributed by atoms with Crippen molar-refractivity contribution in [1.82, 2.24) is 14.9 Å². The Labute approximate surface area is 250 Å². The number of aliphatic hydroxyl groups excluding tert-OH is 1. The van der Waals surface area contributed by atoms with E-state index >= 15 is 0 Å². The van der Waals surface area contributed by atoms with Crippen molar-refractivity contribution in [3.63, 3.8) is 0 Å². The molecule has 1 aromatic heterocycles. The maximum atomic E-state index is 13.2. The van der Waals surface area contributed by atoms with Crippen LogP contribution >= 0.6 is 0 Å². The SMILES string of the molecule is CCS(=O)(=O)c1ccc(C(CO)NC(=O)c2cnc(N3C[C@@H](Oc4ccc(C(F)(F)F)cc4)C[C@H]3COC(F)F)n2C)cc1. The Hall–Kier alpha value is -3.76. The Morgan fingerprint density at radius 1 is 1.14 bits per heavy atom. The first-order valence-electron chi connectivity index (χ1n) is 13.5. The van der Waals surface area contributed by atoms with Crippen LogP contribution in [0.5, 0.6) is 5.75 Å². The van der Waals surface area contributed by atoms with E-state index in [1.807, 2.05) is 0 Å². The number of aromatic nitrogens is 2. The molecule has 0 bridgehead atoms. The highest BCUT2D eigenvalue weighted by molar-refractivity contribution is 7.91. The van der Waals surface area contributed by atoms with Gasteiger partial charge in [-0.15, -0.1) is 0 Å². The summed E-state index contributed by atoms with van der Waals surface area (Å²) in [4.78, 5) is 19.2. The van der Waals surface area contributed by atoms with Crippen LogP contribution in [0, 0.1) is 0 Å². The Kier molecular flexibility index (Phi) is 10.2. The third kappa shape index (κ3) is 7.65. The summed E-state index contributed by atoms with van der Waals surface area (Å²) in [5, 5.41) is 12.6. The summed E-state index contributed by atoms with van der Waals surface area (Å²) < 4.78 is 101. The van der Waals surface area contributed by atoms with E-state index in [0.717, 1.165) is 12.1 Å². The second-order valence-electron chi connectivity index (χ2n) is 10.1. The van der Waals surface area contributed by atoms with Gasteiger partial charge in [-0.05, 0) is 42.0 Å². The van der Waals surface area contributed by atoms with Crippen LogP contribution in [0.1, 0.15) is 41.0 Å². The van der Waals surface area contributed by atoms with Crippen LogP contribution in [0.3, 0.4) is 0 Å². The lowest BCUT2D eigenvalue weighted by Gasteiger charge is -2.25. The molecule has 3 aromatic rings. The molecule has 0 aliphatic carbocycles. The van der Waals surface area contributed by atoms with Gasteiger partial charge in [0.1, 0.15) is 17.5 Å². The van der Waals surface area contributed by atoms with Crippen LogP contribution in [-0.2, 0) is 27.8 Å². The Balaban J connectivity index is 1.50. The lowest BCUT2D eigenvalue weighted by atomic mass is 10.1. The Morgan fingerprint density at radius 3 is 2.36 bits per heavy atom. The number of rotatable bonds is 12. The van der Waals surface area contributed by atoms with Gasteiger partial charge in [0.15, 0.2) is 9.84 Å². The number of amides is 1. The van der Waals surface area contributed by atoms with Gasteiger partial charge in [0.25, 0.3) is 5.91 Å². The van der Waals surface area contributed by atoms with Crippen LogP contribution < -0.4 is 15.0 Å². The summed E-state index contributed by atoms with van der Waals surface area (Å²) >= 11 is 0. The fourth-order valence-electron chi connectivity index (χ4n) is 4.88. The van der Waals surface area contributed by atoms with Crippen molar-refractivity contribution < 1.29 is 49.7 Å². The molecule has 10 nitrogen and oxygen atoms in total. The highest BCUT2D eigenvalue weighted by Crippen LogP contribution is 2.32. The molecular weight excluding hydrogens is 615 g/mol. The number of carbonyl (C=O) groups excluding carboxylic acids is 1. The van der Waals surface area contributed by atoms with Gasteiger partial charge in [0, 0.05) is 13.5 Å². The average Bonchev–Trinajstić information content (AvgIpc) is 3.56. The molecule has 2 aromatic carbocycles. The number of nitrogens with one attached hydrogen (secondary N) is 1. The van der Waals surface area contributed by atoms with Crippen molar-refractivity contribution in [1.29, 1.82) is 0 Å². The molecule has 2 heterocycles. The van der Waals surface area contributed by atoms with Crippen molar-refractivity contribution >= 4 is 21.7 Å². The number of aliphatic hydroxyl groups is 1. The summed E-state index contributed by atoms with van der Waals surface area (Å²) in [5.41, 5.74) is -0.306. The molecule has 4 rings (SSSR count). The molecule has 1 saturated heterocycles. The largest absolute Gasteiger partial charge is 0.489 e. The monoisotopic (exact) mass is 646 g/mol. The zero-order valence-corrected chi connectivity index (χ0v) is 24.5. The van der Waals surface area contributed by atoms with Gasteiger partial charge in [-0.2, -0.15) is 22.0 Å². The lowest BCUT2D eigenvalue weighted by Crippen LogP contribution is -2.36. The summed E-state index contributed by atoms with van der Waals surface area (Å²) in [5.74, 6) is -0.309. The van der Waals surface area contributed by atoms with E-state index < -0.39 is 65.5 Å². The predicted octanol–water partition coefficient (Wildman–Crippen LogP) is 3.96. The van der Waals surface area contributed by atoms with Crippen molar-refractivity contribution in [2.75, 3.05) is 30.4 Å². The molecule has 0 spiro atoms. The minimum Gasteiger partial charge on any atom is -0.489 e. The summed E-state index contributed by atoms with van der Waals surface area (Å²) in [6.45, 7) is -2.31. The van der Waals surface area contributed by atoms with E-state index in [9.17, 15) is 40.3 Å². The third-order valence-electron chi connectivity index (χ3n) is 7.24. The van der Waals surface area contributed by atoms with Crippen molar-refractivity contribution in [2.45, 2.75) is 49.2 Å². The number of anilines is 1. The first kappa shape index (κ1) is 33.1. The van der Waals surface area contributed by atoms with Crippen molar-refractivity contribution in [3.05, 3.63) is 71.5 Å². The van der Waals surface area contributed by atoms with E-state index in [-0.39, 0.29) is 41.0 Å². The minimum absolute atomic E-state index is 0.0734. The zero-order chi connectivity index (χ0) is 32.2. The zero-order valence-electron chi connectivity index (χ0n) is 23.7. The summed E-state index contributed by atoms with van der Waals surface area (Å²) in [7, 11) is -1.90. The van der Waals surface area contributed by atoms with Crippen LogP contribution in [0.15, 0.2) is 59.6 Å². The molecule has 1 aliphatic heterocycles. The number of imidazole rings is 1. The number of carbonyl (C=O) groups is 1. The maximum Gasteiger partial charge on any atom is 0.416 e. The maximum absolute atomic E-state index is 13.2. The molecule has 2 N–H and O–H groups in total. The summed E-state index contributed by atoms with van der Waals surface area (Å²) in [6, 6.07) is 8.34. The van der Waals surface area contributed by atoms with E-state index in [2.05, 4.69) is 15.0 Å². The van der Waals surface area contributed by atoms with E-state index in [1.165, 1.54) is 61.1 Å². The normalized spacial score (nSPS) is 18.1. The van der Waals surface area contributed by atoms with Crippen LogP contribution in [0.2, 0.25) is 0 Å². The fourth-order valence-corrected chi connectivity index (χ4v) is 5.76. The Morgan fingerprint density at radius 2 is 1.80 bits per heavy atom. The van der Waals surface area contributed by atoms with Crippen molar-refractivity contribution in [3.8, 4) is 5.75 Å². The second-order valence-corrected chi connectivity index (χ2v) is 12.4. The van der Waals surface area contributed by atoms with Gasteiger partial charge in [0.05, 0.1) is 54.3 Å². The molecule has 1 aliphatic rings. The summed E-state index contributed by atoms with van der Waals surface area (Å²) in [6.07, 6.45) is -3.68. The van der Waals surface area contributed by atoms with Crippen LogP contribution in [0.4, 0.5) is 27.9 Å². The quantitative estimate of drug-likeness (QED) is 0.284. The number of hydrogen-bond donors (Lipinski definition) is 2. The van der Waals surface area contributed by atoms with Crippen molar-refractivity contribution in [2.24, 2.45) is 7.05 Å². The van der Waals surface area contributed by atoms with Gasteiger partial charge >= 0.3 is 12.8 Å². The van der Waals surface area contributed by atoms with Gasteiger partial charge in [-0.3, -0.25) is 4.79 Å². The van der Waals surface area contributed by atoms with E-state index in [1.54, 1.807) is 4.90 Å². The van der Waals surface area contributed by atoms with Crippen LogP contribution in [-0.4, -0.2) is 73.3 Å². The number of halogens is 5. The Bertz CT molecular complexity index is 1530. The van der Waals surface area contributed by atoms with Crippen LogP contribution in [0.25, 0.3) is 0 Å². The first-order chi connectivity index (χ1) is 20.7. The molecule has 3 atom stereocenters. The number of ether oxygens (including phenoxy) is 2. The second kappa shape index (κ2) is 13.5. The molecule has 1 amide bonds. The number of benzene rings is 2. The molecule has 44 heavy (non-hydrogen) atoms. The predicted molar refractivity (Wildman–Crippen MR) is 148 cm³/mol. The highest BCUT2D eigenvalue weighted by Gasteiger charge is 2.37. The van der Waals surface area contributed by atoms with Gasteiger partial charge in [-0.25, -0.2) is 13.4 Å². The fraction of sp³-hybridized carbons (Fsp3) is 0.429. The molecule has 0 radical (unpaired) electrons. The molecule has 240 valence electrons. The smallest absolute Gasteiger partial charge is 0.416 e.